The molecule has 0 fully saturated rings. The van der Waals surface area contributed by atoms with E-state index in [4.69, 9.17) is 0 Å². The van der Waals surface area contributed by atoms with Crippen LogP contribution < -0.4 is 0 Å². The molecule has 1 unspecified atom stereocenters. The van der Waals surface area contributed by atoms with Crippen molar-refractivity contribution in [2.75, 3.05) is 0 Å². The number of halogens is 4. The van der Waals surface area contributed by atoms with E-state index >= 15 is 0 Å². The molecular formula is C21H22F4O2. The summed E-state index contributed by atoms with van der Waals surface area (Å²) in [6.45, 7) is 5.88. The summed E-state index contributed by atoms with van der Waals surface area (Å²) in [5, 5.41) is 10.00. The number of hydrogen-bond donors (Lipinski definition) is 1. The fraction of sp³-hybridized carbons (Fsp3) is 0.381. The van der Waals surface area contributed by atoms with Crippen LogP contribution in [0.15, 0.2) is 47.6 Å². The number of aliphatic hydroxyl groups excluding tert-OH is 1. The highest BCUT2D eigenvalue weighted by molar-refractivity contribution is 6.02. The zero-order valence-electron chi connectivity index (χ0n) is 15.4. The molecule has 0 aromatic heterocycles. The van der Waals surface area contributed by atoms with Gasteiger partial charge in [-0.05, 0) is 66.2 Å². The molecule has 27 heavy (non-hydrogen) atoms. The van der Waals surface area contributed by atoms with Crippen molar-refractivity contribution in [3.63, 3.8) is 0 Å². The second-order valence-corrected chi connectivity index (χ2v) is 7.34. The molecule has 1 atom stereocenters. The normalized spacial score (nSPS) is 20.7. The largest absolute Gasteiger partial charge is 0.419 e. The maximum absolute atomic E-state index is 13.3. The number of allylic oxidation sites excluding steroid dienone is 4. The van der Waals surface area contributed by atoms with Crippen molar-refractivity contribution < 1.29 is 27.5 Å². The summed E-state index contributed by atoms with van der Waals surface area (Å²) < 4.78 is 51.5. The molecule has 1 aromatic carbocycles. The van der Waals surface area contributed by atoms with E-state index in [1.54, 1.807) is 6.08 Å². The molecule has 0 bridgehead atoms. The smallest absolute Gasteiger partial charge is 0.389 e. The van der Waals surface area contributed by atoms with E-state index in [1.807, 2.05) is 20.8 Å². The molecular weight excluding hydrogens is 360 g/mol. The van der Waals surface area contributed by atoms with Crippen LogP contribution in [0.2, 0.25) is 0 Å². The minimum Gasteiger partial charge on any atom is -0.389 e. The Morgan fingerprint density at radius 1 is 1.22 bits per heavy atom. The van der Waals surface area contributed by atoms with Gasteiger partial charge in [0.1, 0.15) is 5.82 Å². The quantitative estimate of drug-likeness (QED) is 0.553. The molecule has 0 amide bonds. The van der Waals surface area contributed by atoms with Gasteiger partial charge in [-0.1, -0.05) is 32.1 Å². The molecule has 1 N–H and O–H groups in total. The molecule has 2 rings (SSSR count). The van der Waals surface area contributed by atoms with E-state index in [9.17, 15) is 27.5 Å². The van der Waals surface area contributed by atoms with Crippen LogP contribution >= 0.6 is 0 Å². The number of benzene rings is 1. The molecule has 6 heteroatoms. The minimum absolute atomic E-state index is 0.0780. The first-order valence-electron chi connectivity index (χ1n) is 8.58. The summed E-state index contributed by atoms with van der Waals surface area (Å²) in [7, 11) is 0. The van der Waals surface area contributed by atoms with Crippen LogP contribution in [-0.4, -0.2) is 17.0 Å². The second kappa shape index (κ2) is 7.80. The summed E-state index contributed by atoms with van der Waals surface area (Å²) >= 11 is 0. The summed E-state index contributed by atoms with van der Waals surface area (Å²) in [5.74, 6) is -1.77. The monoisotopic (exact) mass is 382 g/mol. The van der Waals surface area contributed by atoms with Gasteiger partial charge in [-0.2, -0.15) is 13.2 Å². The fourth-order valence-corrected chi connectivity index (χ4v) is 3.18. The SMILES string of the molecule is CC1=C(/C=C/C(=O)/C=C/c2ccc(F)c(C(F)(F)F)c2)C(C)(C)CCC1O. The van der Waals surface area contributed by atoms with Crippen molar-refractivity contribution in [1.82, 2.24) is 0 Å². The molecule has 0 spiro atoms. The predicted molar refractivity (Wildman–Crippen MR) is 96.3 cm³/mol. The molecule has 146 valence electrons. The third kappa shape index (κ3) is 5.16. The molecule has 1 aliphatic carbocycles. The Labute approximate surface area is 155 Å². The first kappa shape index (κ1) is 21.1. The van der Waals surface area contributed by atoms with Gasteiger partial charge in [0, 0.05) is 0 Å². The maximum atomic E-state index is 13.3. The molecule has 0 aliphatic heterocycles. The Hall–Kier alpha value is -2.21. The van der Waals surface area contributed by atoms with Gasteiger partial charge < -0.3 is 5.11 Å². The van der Waals surface area contributed by atoms with Gasteiger partial charge in [-0.25, -0.2) is 4.39 Å². The van der Waals surface area contributed by atoms with Gasteiger partial charge in [0.15, 0.2) is 5.78 Å². The van der Waals surface area contributed by atoms with Crippen LogP contribution in [0.1, 0.15) is 44.7 Å². The lowest BCUT2D eigenvalue weighted by Gasteiger charge is -2.35. The molecule has 0 saturated heterocycles. The van der Waals surface area contributed by atoms with E-state index in [0.29, 0.717) is 12.5 Å². The number of carbonyl (C=O) groups is 1. The number of carbonyl (C=O) groups excluding carboxylic acids is 1. The third-order valence-corrected chi connectivity index (χ3v) is 4.85. The Bertz CT molecular complexity index is 814. The van der Waals surface area contributed by atoms with Crippen LogP contribution in [0.4, 0.5) is 17.6 Å². The number of hydrogen-bond acceptors (Lipinski definition) is 2. The summed E-state index contributed by atoms with van der Waals surface area (Å²) in [5.41, 5.74) is 0.222. The minimum atomic E-state index is -4.80. The van der Waals surface area contributed by atoms with Crippen molar-refractivity contribution in [2.24, 2.45) is 5.41 Å². The standard InChI is InChI=1S/C21H22F4O2/c1-13-16(20(2,3)11-10-19(13)27)8-7-15(26)6-4-14-5-9-18(22)17(12-14)21(23,24)25/h4-9,12,19,27H,10-11H2,1-3H3/b6-4+,8-7+. The summed E-state index contributed by atoms with van der Waals surface area (Å²) in [6.07, 6.45) is 1.43. The van der Waals surface area contributed by atoms with Crippen LogP contribution in [0, 0.1) is 11.2 Å². The Morgan fingerprint density at radius 2 is 1.85 bits per heavy atom. The molecule has 2 nitrogen and oxygen atoms in total. The molecule has 0 radical (unpaired) electrons. The molecule has 1 aromatic rings. The molecule has 1 aliphatic rings. The van der Waals surface area contributed by atoms with Crippen molar-refractivity contribution in [3.05, 3.63) is 64.5 Å². The van der Waals surface area contributed by atoms with Gasteiger partial charge in [0.2, 0.25) is 0 Å². The fourth-order valence-electron chi connectivity index (χ4n) is 3.18. The van der Waals surface area contributed by atoms with Gasteiger partial charge in [-0.15, -0.1) is 0 Å². The van der Waals surface area contributed by atoms with Crippen LogP contribution in [0.25, 0.3) is 6.08 Å². The van der Waals surface area contributed by atoms with Crippen LogP contribution in [0.3, 0.4) is 0 Å². The topological polar surface area (TPSA) is 37.3 Å². The van der Waals surface area contributed by atoms with Crippen molar-refractivity contribution in [3.8, 4) is 0 Å². The summed E-state index contributed by atoms with van der Waals surface area (Å²) in [6, 6.07) is 2.56. The van der Waals surface area contributed by atoms with Gasteiger partial charge >= 0.3 is 6.18 Å². The zero-order chi connectivity index (χ0) is 20.4. The predicted octanol–water partition coefficient (Wildman–Crippen LogP) is 5.48. The highest BCUT2D eigenvalue weighted by Gasteiger charge is 2.34. The van der Waals surface area contributed by atoms with Gasteiger partial charge in [0.05, 0.1) is 11.7 Å². The van der Waals surface area contributed by atoms with Crippen molar-refractivity contribution in [1.29, 1.82) is 0 Å². The highest BCUT2D eigenvalue weighted by atomic mass is 19.4. The van der Waals surface area contributed by atoms with Crippen LogP contribution in [0.5, 0.6) is 0 Å². The molecule has 0 heterocycles. The Kier molecular flexibility index (Phi) is 6.10. The first-order chi connectivity index (χ1) is 12.4. The maximum Gasteiger partial charge on any atom is 0.419 e. The number of ketones is 1. The Morgan fingerprint density at radius 3 is 2.48 bits per heavy atom. The van der Waals surface area contributed by atoms with Crippen molar-refractivity contribution in [2.45, 2.75) is 45.9 Å². The third-order valence-electron chi connectivity index (χ3n) is 4.85. The van der Waals surface area contributed by atoms with Gasteiger partial charge in [-0.3, -0.25) is 4.79 Å². The molecule has 0 saturated carbocycles. The average Bonchev–Trinajstić information content (AvgIpc) is 2.56. The summed E-state index contributed by atoms with van der Waals surface area (Å²) in [4.78, 5) is 12.1. The lowest BCUT2D eigenvalue weighted by molar-refractivity contribution is -0.140. The van der Waals surface area contributed by atoms with E-state index < -0.39 is 29.4 Å². The van der Waals surface area contributed by atoms with Crippen LogP contribution in [-0.2, 0) is 11.0 Å². The average molecular weight is 382 g/mol. The first-order valence-corrected chi connectivity index (χ1v) is 8.58. The van der Waals surface area contributed by atoms with Gasteiger partial charge in [0.25, 0.3) is 0 Å². The lowest BCUT2D eigenvalue weighted by Crippen LogP contribution is -2.27. The Balaban J connectivity index is 2.18. The number of alkyl halides is 3. The second-order valence-electron chi connectivity index (χ2n) is 7.34. The zero-order valence-corrected chi connectivity index (χ0v) is 15.4. The number of rotatable bonds is 4. The van der Waals surface area contributed by atoms with Crippen molar-refractivity contribution >= 4 is 11.9 Å². The number of aliphatic hydroxyl groups is 1. The van der Waals surface area contributed by atoms with E-state index in [0.717, 1.165) is 29.7 Å². The lowest BCUT2D eigenvalue weighted by atomic mass is 9.71. The van der Waals surface area contributed by atoms with E-state index in [2.05, 4.69) is 0 Å². The highest BCUT2D eigenvalue weighted by Crippen LogP contribution is 2.40. The van der Waals surface area contributed by atoms with E-state index in [1.165, 1.54) is 18.2 Å². The van der Waals surface area contributed by atoms with E-state index in [-0.39, 0.29) is 11.0 Å².